The molecule has 5 aromatic rings. The van der Waals surface area contributed by atoms with Crippen LogP contribution in [0.1, 0.15) is 22.4 Å². The Morgan fingerprint density at radius 2 is 1.83 bits per heavy atom. The van der Waals surface area contributed by atoms with Crippen molar-refractivity contribution in [3.05, 3.63) is 80.2 Å². The van der Waals surface area contributed by atoms with Gasteiger partial charge in [-0.15, -0.1) is 0 Å². The van der Waals surface area contributed by atoms with E-state index in [0.717, 1.165) is 39.1 Å². The molecule has 0 unspecified atom stereocenters. The van der Waals surface area contributed by atoms with Crippen LogP contribution in [0.5, 0.6) is 0 Å². The van der Waals surface area contributed by atoms with Gasteiger partial charge in [-0.1, -0.05) is 23.7 Å². The molecule has 5 rings (SSSR count). The molecule has 0 saturated heterocycles. The summed E-state index contributed by atoms with van der Waals surface area (Å²) in [4.78, 5) is 13.1. The van der Waals surface area contributed by atoms with Crippen molar-refractivity contribution in [2.24, 2.45) is 0 Å². The van der Waals surface area contributed by atoms with Crippen LogP contribution in [0.2, 0.25) is 5.02 Å². The zero-order valence-corrected chi connectivity index (χ0v) is 17.4. The van der Waals surface area contributed by atoms with E-state index in [2.05, 4.69) is 10.3 Å². The van der Waals surface area contributed by atoms with Crippen molar-refractivity contribution in [2.45, 2.75) is 27.3 Å². The van der Waals surface area contributed by atoms with Crippen LogP contribution in [-0.2, 0) is 6.54 Å². The first-order chi connectivity index (χ1) is 14.4. The number of hydrogen-bond donors (Lipinski definition) is 0. The monoisotopic (exact) mass is 419 g/mol. The van der Waals surface area contributed by atoms with Gasteiger partial charge in [0.2, 0.25) is 0 Å². The van der Waals surface area contributed by atoms with E-state index < -0.39 is 0 Å². The van der Waals surface area contributed by atoms with Crippen molar-refractivity contribution in [3.8, 4) is 5.69 Å². The van der Waals surface area contributed by atoms with Crippen molar-refractivity contribution in [1.82, 2.24) is 24.7 Å². The van der Waals surface area contributed by atoms with Gasteiger partial charge in [0, 0.05) is 16.5 Å². The first-order valence-corrected chi connectivity index (χ1v) is 9.88. The Labute approximate surface area is 176 Å². The summed E-state index contributed by atoms with van der Waals surface area (Å²) >= 11 is 6.37. The number of rotatable bonds is 3. The number of nitrogens with zero attached hydrogens (tertiary/aromatic N) is 5. The molecule has 150 valence electrons. The number of fused-ring (bicyclic) bond motifs is 2. The zero-order chi connectivity index (χ0) is 21.0. The van der Waals surface area contributed by atoms with E-state index >= 15 is 0 Å². The standard InChI is InChI=1S/C22H18ClN5O2/c1-12-9-20(29)27(11-15-7-8-17-18(10-15)26-30-25-17)22-21(12)14(3)24-28(22)19-6-4-5-16(23)13(19)2/h4-10H,11H2,1-3H3. The van der Waals surface area contributed by atoms with Crippen molar-refractivity contribution in [1.29, 1.82) is 0 Å². The van der Waals surface area contributed by atoms with Crippen LogP contribution in [0.3, 0.4) is 0 Å². The first kappa shape index (κ1) is 18.6. The van der Waals surface area contributed by atoms with Gasteiger partial charge >= 0.3 is 0 Å². The maximum absolute atomic E-state index is 13.1. The summed E-state index contributed by atoms with van der Waals surface area (Å²) in [6.45, 7) is 6.20. The summed E-state index contributed by atoms with van der Waals surface area (Å²) < 4.78 is 8.34. The summed E-state index contributed by atoms with van der Waals surface area (Å²) in [5.41, 5.74) is 6.38. The first-order valence-electron chi connectivity index (χ1n) is 9.50. The minimum atomic E-state index is -0.0980. The van der Waals surface area contributed by atoms with Crippen molar-refractivity contribution in [3.63, 3.8) is 0 Å². The van der Waals surface area contributed by atoms with Crippen LogP contribution in [0.15, 0.2) is 51.9 Å². The highest BCUT2D eigenvalue weighted by Gasteiger charge is 2.19. The maximum Gasteiger partial charge on any atom is 0.252 e. The average molecular weight is 420 g/mol. The number of pyridine rings is 1. The number of benzene rings is 2. The van der Waals surface area contributed by atoms with Crippen LogP contribution in [0.25, 0.3) is 27.8 Å². The molecule has 8 heteroatoms. The fraction of sp³-hybridized carbons (Fsp3) is 0.182. The third kappa shape index (κ3) is 2.81. The van der Waals surface area contributed by atoms with Gasteiger partial charge in [0.05, 0.1) is 17.9 Å². The van der Waals surface area contributed by atoms with Crippen LogP contribution >= 0.6 is 11.6 Å². The molecular formula is C22H18ClN5O2. The minimum Gasteiger partial charge on any atom is -0.288 e. The lowest BCUT2D eigenvalue weighted by Crippen LogP contribution is -2.22. The van der Waals surface area contributed by atoms with E-state index in [9.17, 15) is 4.79 Å². The van der Waals surface area contributed by atoms with E-state index in [1.54, 1.807) is 10.6 Å². The summed E-state index contributed by atoms with van der Waals surface area (Å²) in [6, 6.07) is 13.0. The van der Waals surface area contributed by atoms with Gasteiger partial charge in [0.15, 0.2) is 0 Å². The molecule has 0 aliphatic heterocycles. The highest BCUT2D eigenvalue weighted by molar-refractivity contribution is 6.31. The van der Waals surface area contributed by atoms with Crippen molar-refractivity contribution >= 4 is 33.7 Å². The van der Waals surface area contributed by atoms with Crippen LogP contribution in [0, 0.1) is 20.8 Å². The number of halogens is 1. The molecule has 0 atom stereocenters. The molecular weight excluding hydrogens is 402 g/mol. The fourth-order valence-electron chi connectivity index (χ4n) is 3.92. The molecule has 0 aliphatic rings. The summed E-state index contributed by atoms with van der Waals surface area (Å²) in [6.07, 6.45) is 0. The highest BCUT2D eigenvalue weighted by Crippen LogP contribution is 2.28. The SMILES string of the molecule is Cc1c(Cl)cccc1-n1nc(C)c2c(C)cc(=O)n(Cc3ccc4nonc4c3)c21. The molecule has 0 aliphatic carbocycles. The van der Waals surface area contributed by atoms with Gasteiger partial charge in [-0.2, -0.15) is 5.10 Å². The summed E-state index contributed by atoms with van der Waals surface area (Å²) in [5, 5.41) is 14.1. The maximum atomic E-state index is 13.1. The molecule has 0 saturated carbocycles. The largest absolute Gasteiger partial charge is 0.288 e. The Bertz CT molecular complexity index is 1500. The second kappa shape index (κ2) is 6.81. The lowest BCUT2D eigenvalue weighted by atomic mass is 10.1. The molecule has 30 heavy (non-hydrogen) atoms. The molecule has 0 bridgehead atoms. The third-order valence-corrected chi connectivity index (χ3v) is 5.83. The Morgan fingerprint density at radius 1 is 1.03 bits per heavy atom. The molecule has 3 heterocycles. The lowest BCUT2D eigenvalue weighted by Gasteiger charge is -2.14. The second-order valence-corrected chi connectivity index (χ2v) is 7.83. The van der Waals surface area contributed by atoms with E-state index in [1.165, 1.54) is 0 Å². The van der Waals surface area contributed by atoms with Crippen LogP contribution < -0.4 is 5.56 Å². The van der Waals surface area contributed by atoms with Gasteiger partial charge in [0.25, 0.3) is 5.56 Å². The predicted octanol–water partition coefficient (Wildman–Crippen LogP) is 4.35. The highest BCUT2D eigenvalue weighted by atomic mass is 35.5. The van der Waals surface area contributed by atoms with Crippen LogP contribution in [-0.4, -0.2) is 24.7 Å². The Kier molecular flexibility index (Phi) is 4.22. The van der Waals surface area contributed by atoms with Crippen molar-refractivity contribution < 1.29 is 4.63 Å². The van der Waals surface area contributed by atoms with E-state index in [1.807, 2.05) is 61.9 Å². The average Bonchev–Trinajstić information content (AvgIpc) is 3.31. The van der Waals surface area contributed by atoms with Gasteiger partial charge in [-0.3, -0.25) is 9.36 Å². The number of aryl methyl sites for hydroxylation is 2. The molecule has 3 aromatic heterocycles. The van der Waals surface area contributed by atoms with Crippen molar-refractivity contribution in [2.75, 3.05) is 0 Å². The van der Waals surface area contributed by atoms with Crippen LogP contribution in [0.4, 0.5) is 0 Å². The Balaban J connectivity index is 1.79. The van der Waals surface area contributed by atoms with E-state index in [4.69, 9.17) is 21.3 Å². The zero-order valence-electron chi connectivity index (χ0n) is 16.7. The quantitative estimate of drug-likeness (QED) is 0.434. The normalized spacial score (nSPS) is 11.6. The summed E-state index contributed by atoms with van der Waals surface area (Å²) in [5.74, 6) is 0. The molecule has 0 N–H and O–H groups in total. The second-order valence-electron chi connectivity index (χ2n) is 7.42. The van der Waals surface area contributed by atoms with E-state index in [0.29, 0.717) is 22.6 Å². The Hall–Kier alpha value is -3.45. The molecule has 2 aromatic carbocycles. The molecule has 0 spiro atoms. The van der Waals surface area contributed by atoms with Gasteiger partial charge < -0.3 is 0 Å². The van der Waals surface area contributed by atoms with Gasteiger partial charge in [-0.05, 0) is 72.0 Å². The fourth-order valence-corrected chi connectivity index (χ4v) is 4.09. The Morgan fingerprint density at radius 3 is 2.67 bits per heavy atom. The predicted molar refractivity (Wildman–Crippen MR) is 115 cm³/mol. The third-order valence-electron chi connectivity index (χ3n) is 5.42. The van der Waals surface area contributed by atoms with Gasteiger partial charge in [-0.25, -0.2) is 9.31 Å². The molecule has 0 amide bonds. The smallest absolute Gasteiger partial charge is 0.252 e. The lowest BCUT2D eigenvalue weighted by molar-refractivity contribution is 0.315. The molecule has 0 fully saturated rings. The van der Waals surface area contributed by atoms with E-state index in [-0.39, 0.29) is 5.56 Å². The molecule has 0 radical (unpaired) electrons. The minimum absolute atomic E-state index is 0.0980. The summed E-state index contributed by atoms with van der Waals surface area (Å²) in [7, 11) is 0. The van der Waals surface area contributed by atoms with Gasteiger partial charge in [0.1, 0.15) is 16.7 Å². The number of hydrogen-bond acceptors (Lipinski definition) is 5. The number of aromatic nitrogens is 5. The topological polar surface area (TPSA) is 78.7 Å². The molecule has 7 nitrogen and oxygen atoms in total.